The molecule has 1 rings (SSSR count). The largest absolute Gasteiger partial charge is 0.463 e. The molecular weight excluding hydrogens is 356 g/mol. The normalized spacial score (nSPS) is 23.6. The standard InChI is InChI=1S/C23H40O5/c1-4-5-8-11-18(24)14-15-20-19(21(25)16-22(20)26)12-9-6-7-10-13-23(27)28-17(2)3/h14-15,17-20,22,24,26H,4-13,16H2,1-3H3/b15-14+/t18-,19+,20+,22?/m0/s1. The number of ketones is 1. The maximum Gasteiger partial charge on any atom is 0.306 e. The number of hydrogen-bond acceptors (Lipinski definition) is 5. The van der Waals surface area contributed by atoms with E-state index in [1.807, 2.05) is 19.9 Å². The highest BCUT2D eigenvalue weighted by atomic mass is 16.5. The Balaban J connectivity index is 2.33. The van der Waals surface area contributed by atoms with E-state index in [9.17, 15) is 19.8 Å². The molecule has 0 amide bonds. The number of ether oxygens (including phenoxy) is 1. The van der Waals surface area contributed by atoms with Crippen molar-refractivity contribution in [2.24, 2.45) is 11.8 Å². The van der Waals surface area contributed by atoms with Gasteiger partial charge in [0, 0.05) is 24.7 Å². The molecule has 5 nitrogen and oxygen atoms in total. The van der Waals surface area contributed by atoms with Gasteiger partial charge in [0.25, 0.3) is 0 Å². The van der Waals surface area contributed by atoms with Crippen molar-refractivity contribution < 1.29 is 24.5 Å². The zero-order chi connectivity index (χ0) is 20.9. The molecule has 1 fully saturated rings. The molecule has 0 spiro atoms. The maximum absolute atomic E-state index is 12.2. The van der Waals surface area contributed by atoms with E-state index < -0.39 is 12.2 Å². The SMILES string of the molecule is CCCCC[C@H](O)/C=C/[C@H]1C(O)CC(=O)[C@@H]1CCCCCCC(=O)OC(C)C. The number of hydrogen-bond donors (Lipinski definition) is 2. The summed E-state index contributed by atoms with van der Waals surface area (Å²) in [6.07, 6.45) is 11.4. The quantitative estimate of drug-likeness (QED) is 0.259. The Labute approximate surface area is 170 Å². The molecular formula is C23H40O5. The molecule has 1 aliphatic carbocycles. The summed E-state index contributed by atoms with van der Waals surface area (Å²) in [5.41, 5.74) is 0. The van der Waals surface area contributed by atoms with Gasteiger partial charge in [0.2, 0.25) is 0 Å². The Morgan fingerprint density at radius 2 is 1.89 bits per heavy atom. The summed E-state index contributed by atoms with van der Waals surface area (Å²) in [6.45, 7) is 5.82. The summed E-state index contributed by atoms with van der Waals surface area (Å²) in [5.74, 6) is -0.357. The number of carbonyl (C=O) groups is 2. The highest BCUT2D eigenvalue weighted by Gasteiger charge is 2.39. The Morgan fingerprint density at radius 3 is 2.57 bits per heavy atom. The number of unbranched alkanes of at least 4 members (excludes halogenated alkanes) is 5. The molecule has 28 heavy (non-hydrogen) atoms. The predicted octanol–water partition coefficient (Wildman–Crippen LogP) is 4.34. The summed E-state index contributed by atoms with van der Waals surface area (Å²) in [7, 11) is 0. The zero-order valence-electron chi connectivity index (χ0n) is 17.9. The summed E-state index contributed by atoms with van der Waals surface area (Å²) in [5, 5.41) is 20.3. The van der Waals surface area contributed by atoms with Gasteiger partial charge < -0.3 is 14.9 Å². The molecule has 0 aromatic heterocycles. The maximum atomic E-state index is 12.2. The van der Waals surface area contributed by atoms with Crippen LogP contribution in [0.4, 0.5) is 0 Å². The minimum absolute atomic E-state index is 0.0672. The van der Waals surface area contributed by atoms with E-state index in [1.54, 1.807) is 6.08 Å². The fourth-order valence-electron chi connectivity index (χ4n) is 3.86. The Bertz CT molecular complexity index is 485. The average Bonchev–Trinajstić information content (AvgIpc) is 2.88. The average molecular weight is 397 g/mol. The summed E-state index contributed by atoms with van der Waals surface area (Å²) in [6, 6.07) is 0. The van der Waals surface area contributed by atoms with E-state index >= 15 is 0 Å². The molecule has 1 aliphatic rings. The monoisotopic (exact) mass is 396 g/mol. The van der Waals surface area contributed by atoms with Crippen molar-refractivity contribution in [3.63, 3.8) is 0 Å². The van der Waals surface area contributed by atoms with Crippen LogP contribution < -0.4 is 0 Å². The number of carbonyl (C=O) groups excluding carboxylic acids is 2. The van der Waals surface area contributed by atoms with Crippen molar-refractivity contribution in [3.05, 3.63) is 12.2 Å². The molecule has 162 valence electrons. The zero-order valence-corrected chi connectivity index (χ0v) is 17.9. The van der Waals surface area contributed by atoms with E-state index in [-0.39, 0.29) is 36.1 Å². The van der Waals surface area contributed by atoms with Crippen molar-refractivity contribution in [1.82, 2.24) is 0 Å². The number of Topliss-reactive ketones (excluding diaryl/α,β-unsaturated/α-hetero) is 1. The second-order valence-corrected chi connectivity index (χ2v) is 8.36. The number of rotatable bonds is 14. The molecule has 2 N–H and O–H groups in total. The first-order valence-electron chi connectivity index (χ1n) is 11.1. The lowest BCUT2D eigenvalue weighted by molar-refractivity contribution is -0.147. The van der Waals surface area contributed by atoms with Crippen molar-refractivity contribution in [3.8, 4) is 0 Å². The molecule has 0 aromatic carbocycles. The Kier molecular flexibility index (Phi) is 12.3. The first kappa shape index (κ1) is 24.8. The molecule has 0 aromatic rings. The number of aliphatic hydroxyl groups is 2. The van der Waals surface area contributed by atoms with Gasteiger partial charge in [0.1, 0.15) is 5.78 Å². The van der Waals surface area contributed by atoms with Gasteiger partial charge in [0.05, 0.1) is 18.3 Å². The van der Waals surface area contributed by atoms with E-state index in [0.717, 1.165) is 57.8 Å². The summed E-state index contributed by atoms with van der Waals surface area (Å²) >= 11 is 0. The number of esters is 1. The first-order chi connectivity index (χ1) is 13.3. The van der Waals surface area contributed by atoms with Crippen LogP contribution in [0.2, 0.25) is 0 Å². The van der Waals surface area contributed by atoms with Crippen molar-refractivity contribution in [1.29, 1.82) is 0 Å². The van der Waals surface area contributed by atoms with Gasteiger partial charge in [-0.2, -0.15) is 0 Å². The molecule has 0 radical (unpaired) electrons. The van der Waals surface area contributed by atoms with Gasteiger partial charge in [0.15, 0.2) is 0 Å². The van der Waals surface area contributed by atoms with Gasteiger partial charge in [-0.05, 0) is 33.1 Å². The van der Waals surface area contributed by atoms with Crippen molar-refractivity contribution >= 4 is 11.8 Å². The first-order valence-corrected chi connectivity index (χ1v) is 11.1. The van der Waals surface area contributed by atoms with Crippen LogP contribution in [0.15, 0.2) is 12.2 Å². The van der Waals surface area contributed by atoms with Crippen LogP contribution in [0.5, 0.6) is 0 Å². The minimum atomic E-state index is -0.637. The Hall–Kier alpha value is -1.20. The van der Waals surface area contributed by atoms with Gasteiger partial charge in [-0.15, -0.1) is 0 Å². The van der Waals surface area contributed by atoms with Gasteiger partial charge >= 0.3 is 5.97 Å². The molecule has 1 saturated carbocycles. The van der Waals surface area contributed by atoms with Gasteiger partial charge in [-0.25, -0.2) is 0 Å². The van der Waals surface area contributed by atoms with Gasteiger partial charge in [-0.3, -0.25) is 9.59 Å². The van der Waals surface area contributed by atoms with E-state index in [1.165, 1.54) is 0 Å². The Morgan fingerprint density at radius 1 is 1.18 bits per heavy atom. The van der Waals surface area contributed by atoms with E-state index in [4.69, 9.17) is 4.74 Å². The van der Waals surface area contributed by atoms with Crippen molar-refractivity contribution in [2.45, 2.75) is 110 Å². The van der Waals surface area contributed by atoms with Crippen LogP contribution in [0.3, 0.4) is 0 Å². The van der Waals surface area contributed by atoms with Crippen LogP contribution in [-0.2, 0) is 14.3 Å². The van der Waals surface area contributed by atoms with Gasteiger partial charge in [-0.1, -0.05) is 57.6 Å². The highest BCUT2D eigenvalue weighted by molar-refractivity contribution is 5.84. The molecule has 0 saturated heterocycles. The molecule has 0 aliphatic heterocycles. The third kappa shape index (κ3) is 9.83. The van der Waals surface area contributed by atoms with Crippen LogP contribution in [-0.4, -0.2) is 40.3 Å². The second-order valence-electron chi connectivity index (χ2n) is 8.36. The lowest BCUT2D eigenvalue weighted by Crippen LogP contribution is -2.19. The van der Waals surface area contributed by atoms with E-state index in [2.05, 4.69) is 6.92 Å². The molecule has 0 heterocycles. The van der Waals surface area contributed by atoms with Crippen LogP contribution in [0.25, 0.3) is 0 Å². The second kappa shape index (κ2) is 13.9. The molecule has 5 heteroatoms. The lowest BCUT2D eigenvalue weighted by Gasteiger charge is -2.18. The summed E-state index contributed by atoms with van der Waals surface area (Å²) < 4.78 is 5.12. The smallest absolute Gasteiger partial charge is 0.306 e. The minimum Gasteiger partial charge on any atom is -0.463 e. The van der Waals surface area contributed by atoms with E-state index in [0.29, 0.717) is 6.42 Å². The molecule has 0 bridgehead atoms. The third-order valence-electron chi connectivity index (χ3n) is 5.40. The van der Waals surface area contributed by atoms with Crippen LogP contribution >= 0.6 is 0 Å². The molecule has 1 unspecified atom stereocenters. The van der Waals surface area contributed by atoms with Crippen LogP contribution in [0.1, 0.15) is 91.4 Å². The predicted molar refractivity (Wildman–Crippen MR) is 111 cm³/mol. The fourth-order valence-corrected chi connectivity index (χ4v) is 3.86. The highest BCUT2D eigenvalue weighted by Crippen LogP contribution is 2.34. The van der Waals surface area contributed by atoms with Crippen molar-refractivity contribution in [2.75, 3.05) is 0 Å². The fraction of sp³-hybridized carbons (Fsp3) is 0.826. The topological polar surface area (TPSA) is 83.8 Å². The van der Waals surface area contributed by atoms with Crippen LogP contribution in [0, 0.1) is 11.8 Å². The number of aliphatic hydroxyl groups excluding tert-OH is 2. The molecule has 4 atom stereocenters. The lowest BCUT2D eigenvalue weighted by atomic mass is 9.88. The third-order valence-corrected chi connectivity index (χ3v) is 5.40. The summed E-state index contributed by atoms with van der Waals surface area (Å²) in [4.78, 5) is 23.7.